The molecule has 0 fully saturated rings. The summed E-state index contributed by atoms with van der Waals surface area (Å²) in [6.45, 7) is 0. The second-order valence-corrected chi connectivity index (χ2v) is 4.36. The van der Waals surface area contributed by atoms with E-state index in [1.807, 2.05) is 18.2 Å². The summed E-state index contributed by atoms with van der Waals surface area (Å²) in [5.74, 6) is 1.33. The summed E-state index contributed by atoms with van der Waals surface area (Å²) >= 11 is 0. The molecule has 1 aromatic heterocycles. The number of rotatable bonds is 5. The summed E-state index contributed by atoms with van der Waals surface area (Å²) in [5, 5.41) is 7.03. The van der Waals surface area contributed by atoms with Gasteiger partial charge in [-0.1, -0.05) is 42.5 Å². The average molecular weight is 279 g/mol. The monoisotopic (exact) mass is 279 g/mol. The van der Waals surface area contributed by atoms with Crippen LogP contribution in [0.15, 0.2) is 54.9 Å². The molecule has 1 aliphatic rings. The Kier molecular flexibility index (Phi) is 5.34. The highest BCUT2D eigenvalue weighted by Crippen LogP contribution is 2.17. The molecule has 0 aromatic carbocycles. The van der Waals surface area contributed by atoms with E-state index < -0.39 is 0 Å². The molecule has 106 valence electrons. The molecular weight excluding hydrogens is 262 g/mol. The summed E-state index contributed by atoms with van der Waals surface area (Å²) in [7, 11) is 0. The van der Waals surface area contributed by atoms with Gasteiger partial charge in [0.15, 0.2) is 11.6 Å². The second kappa shape index (κ2) is 7.69. The molecule has 0 atom stereocenters. The Morgan fingerprint density at radius 3 is 2.76 bits per heavy atom. The van der Waals surface area contributed by atoms with Gasteiger partial charge in [0.2, 0.25) is 0 Å². The van der Waals surface area contributed by atoms with Gasteiger partial charge in [-0.15, -0.1) is 0 Å². The van der Waals surface area contributed by atoms with E-state index in [0.717, 1.165) is 18.4 Å². The van der Waals surface area contributed by atoms with Crippen molar-refractivity contribution in [2.24, 2.45) is 5.73 Å². The first-order chi connectivity index (χ1) is 10.3. The minimum Gasteiger partial charge on any atom is -0.384 e. The maximum Gasteiger partial charge on any atom is 0.163 e. The fourth-order valence-corrected chi connectivity index (χ4v) is 1.74. The molecule has 3 N–H and O–H groups in total. The van der Waals surface area contributed by atoms with Gasteiger partial charge in [0.05, 0.1) is 0 Å². The number of hydrogen-bond acceptors (Lipinski definition) is 4. The fraction of sp³-hybridized carbons (Fsp3) is 0.125. The van der Waals surface area contributed by atoms with Crippen molar-refractivity contribution >= 4 is 17.5 Å². The summed E-state index contributed by atoms with van der Waals surface area (Å²) in [4.78, 5) is 12.7. The molecule has 5 nitrogen and oxygen atoms in total. The minimum atomic E-state index is 0.0274. The predicted molar refractivity (Wildman–Crippen MR) is 85.4 cm³/mol. The minimum absolute atomic E-state index is 0.0274. The normalized spacial score (nSPS) is 15.1. The smallest absolute Gasteiger partial charge is 0.163 e. The van der Waals surface area contributed by atoms with Crippen LogP contribution in [0.2, 0.25) is 0 Å². The van der Waals surface area contributed by atoms with Crippen molar-refractivity contribution in [3.8, 4) is 0 Å². The van der Waals surface area contributed by atoms with Crippen LogP contribution in [0, 0.1) is 5.41 Å². The van der Waals surface area contributed by atoms with Crippen LogP contribution in [-0.4, -0.2) is 20.8 Å². The maximum absolute atomic E-state index is 7.03. The van der Waals surface area contributed by atoms with E-state index in [1.54, 1.807) is 18.2 Å². The first kappa shape index (κ1) is 14.6. The molecule has 1 heterocycles. The second-order valence-electron chi connectivity index (χ2n) is 4.36. The van der Waals surface area contributed by atoms with Gasteiger partial charge >= 0.3 is 0 Å². The molecule has 0 bridgehead atoms. The number of nitrogens with two attached hydrogens (primary N) is 1. The van der Waals surface area contributed by atoms with Gasteiger partial charge in [0, 0.05) is 5.57 Å². The number of allylic oxidation sites excluding steroid dienone is 8. The van der Waals surface area contributed by atoms with E-state index in [4.69, 9.17) is 11.1 Å². The van der Waals surface area contributed by atoms with Crippen molar-refractivity contribution in [1.82, 2.24) is 15.0 Å². The van der Waals surface area contributed by atoms with Crippen LogP contribution < -0.4 is 5.73 Å². The highest BCUT2D eigenvalue weighted by molar-refractivity contribution is 5.88. The summed E-state index contributed by atoms with van der Waals surface area (Å²) in [5.41, 5.74) is 6.23. The van der Waals surface area contributed by atoms with E-state index in [-0.39, 0.29) is 5.84 Å². The van der Waals surface area contributed by atoms with Crippen LogP contribution in [0.25, 0.3) is 11.6 Å². The Morgan fingerprint density at radius 2 is 2.00 bits per heavy atom. The summed E-state index contributed by atoms with van der Waals surface area (Å²) < 4.78 is 0. The zero-order chi connectivity index (χ0) is 14.9. The lowest BCUT2D eigenvalue weighted by Crippen LogP contribution is -2.03. The lowest BCUT2D eigenvalue weighted by molar-refractivity contribution is 0.983. The topological polar surface area (TPSA) is 88.5 Å². The van der Waals surface area contributed by atoms with Crippen molar-refractivity contribution < 1.29 is 0 Å². The number of nitrogens with one attached hydrogen (secondary N) is 1. The standard InChI is InChI=1S/C16H17N5/c17-14(18)10-6-1-2-7-11-15-19-12-20-16(21-15)13-8-4-3-5-9-13/h1-2,4,6-12H,3,5H2,(H3,17,18)/b2-1-,10-6+,11-7+. The molecule has 21 heavy (non-hydrogen) atoms. The highest BCUT2D eigenvalue weighted by Gasteiger charge is 2.04. The van der Waals surface area contributed by atoms with Crippen molar-refractivity contribution in [2.75, 3.05) is 0 Å². The molecule has 5 heteroatoms. The largest absolute Gasteiger partial charge is 0.384 e. The van der Waals surface area contributed by atoms with E-state index in [1.165, 1.54) is 12.4 Å². The molecule has 0 spiro atoms. The van der Waals surface area contributed by atoms with Crippen molar-refractivity contribution in [3.05, 3.63) is 66.6 Å². The molecule has 0 amide bonds. The van der Waals surface area contributed by atoms with Gasteiger partial charge in [-0.05, 0) is 25.0 Å². The first-order valence-electron chi connectivity index (χ1n) is 6.67. The zero-order valence-corrected chi connectivity index (χ0v) is 11.6. The third-order valence-corrected chi connectivity index (χ3v) is 2.70. The van der Waals surface area contributed by atoms with Crippen LogP contribution in [0.1, 0.15) is 24.5 Å². The fourth-order valence-electron chi connectivity index (χ4n) is 1.74. The van der Waals surface area contributed by atoms with Crippen molar-refractivity contribution in [3.63, 3.8) is 0 Å². The van der Waals surface area contributed by atoms with Crippen LogP contribution in [-0.2, 0) is 0 Å². The van der Waals surface area contributed by atoms with Gasteiger partial charge in [0.1, 0.15) is 12.2 Å². The van der Waals surface area contributed by atoms with Crippen LogP contribution in [0.5, 0.6) is 0 Å². The van der Waals surface area contributed by atoms with Gasteiger partial charge in [-0.2, -0.15) is 0 Å². The molecule has 0 aliphatic heterocycles. The van der Waals surface area contributed by atoms with Gasteiger partial charge < -0.3 is 5.73 Å². The molecule has 0 radical (unpaired) electrons. The van der Waals surface area contributed by atoms with E-state index >= 15 is 0 Å². The average Bonchev–Trinajstić information content (AvgIpc) is 2.52. The molecule has 0 saturated heterocycles. The first-order valence-corrected chi connectivity index (χ1v) is 6.67. The quantitative estimate of drug-likeness (QED) is 0.492. The van der Waals surface area contributed by atoms with Crippen LogP contribution in [0.3, 0.4) is 0 Å². The molecule has 1 aliphatic carbocycles. The Hall–Kier alpha value is -2.82. The predicted octanol–water partition coefficient (Wildman–Crippen LogP) is 2.67. The Balaban J connectivity index is 2.02. The number of aromatic nitrogens is 3. The molecular formula is C16H17N5. The van der Waals surface area contributed by atoms with Gasteiger partial charge in [0.25, 0.3) is 0 Å². The maximum atomic E-state index is 7.03. The Morgan fingerprint density at radius 1 is 1.14 bits per heavy atom. The lowest BCUT2D eigenvalue weighted by atomic mass is 10.1. The van der Waals surface area contributed by atoms with E-state index in [9.17, 15) is 0 Å². The van der Waals surface area contributed by atoms with Crippen molar-refractivity contribution in [2.45, 2.75) is 12.8 Å². The van der Waals surface area contributed by atoms with E-state index in [0.29, 0.717) is 11.6 Å². The van der Waals surface area contributed by atoms with Crippen molar-refractivity contribution in [1.29, 1.82) is 5.41 Å². The number of hydrogen-bond donors (Lipinski definition) is 2. The molecule has 1 aromatic rings. The third kappa shape index (κ3) is 4.99. The third-order valence-electron chi connectivity index (χ3n) is 2.70. The molecule has 0 saturated carbocycles. The number of amidine groups is 1. The molecule has 0 unspecified atom stereocenters. The Labute approximate surface area is 123 Å². The Bertz CT molecular complexity index is 650. The lowest BCUT2D eigenvalue weighted by Gasteiger charge is -2.05. The molecule has 2 rings (SSSR count). The van der Waals surface area contributed by atoms with Crippen LogP contribution >= 0.6 is 0 Å². The van der Waals surface area contributed by atoms with Crippen LogP contribution in [0.4, 0.5) is 0 Å². The highest BCUT2D eigenvalue weighted by atomic mass is 15.0. The van der Waals surface area contributed by atoms with Gasteiger partial charge in [-0.3, -0.25) is 5.41 Å². The number of nitrogens with zero attached hydrogens (tertiary/aromatic N) is 3. The van der Waals surface area contributed by atoms with E-state index in [2.05, 4.69) is 27.1 Å². The summed E-state index contributed by atoms with van der Waals surface area (Å²) in [6, 6.07) is 0. The summed E-state index contributed by atoms with van der Waals surface area (Å²) in [6.07, 6.45) is 20.3. The van der Waals surface area contributed by atoms with Gasteiger partial charge in [-0.25, -0.2) is 15.0 Å². The SMILES string of the molecule is N=C(N)/C=C/C=C\C=C\c1ncnc(C2=CCCC=C2)n1. The zero-order valence-electron chi connectivity index (χ0n) is 11.6.